The van der Waals surface area contributed by atoms with Gasteiger partial charge in [0.25, 0.3) is 14.7 Å². The minimum absolute atomic E-state index is 0.114. The molecule has 32 heteroatoms. The fourth-order valence-corrected chi connectivity index (χ4v) is 16.6. The largest absolute Gasteiger partial charge is 0.416 e. The average molecular weight is 1550 g/mol. The van der Waals surface area contributed by atoms with Gasteiger partial charge in [-0.2, -0.15) is 105 Å². The zero-order valence-corrected chi connectivity index (χ0v) is 55.2. The van der Waals surface area contributed by atoms with E-state index in [1.807, 2.05) is 0 Å². The van der Waals surface area contributed by atoms with E-state index < -0.39 is 232 Å². The maximum atomic E-state index is 17.8. The molecule has 10 aromatic rings. The van der Waals surface area contributed by atoms with Crippen molar-refractivity contribution in [3.63, 3.8) is 0 Å². The van der Waals surface area contributed by atoms with Gasteiger partial charge in [-0.1, -0.05) is 182 Å². The Morgan fingerprint density at radius 3 is 0.651 bits per heavy atom. The van der Waals surface area contributed by atoms with Crippen molar-refractivity contribution >= 4 is 36.0 Å². The van der Waals surface area contributed by atoms with E-state index in [0.29, 0.717) is 6.92 Å². The number of hydrogen-bond acceptors (Lipinski definition) is 6. The molecule has 558 valence electrons. The Labute approximate surface area is 585 Å². The number of benzene rings is 10. The number of alkyl halides is 24. The van der Waals surface area contributed by atoms with Gasteiger partial charge >= 0.3 is 49.4 Å². The molecule has 0 fully saturated rings. The van der Waals surface area contributed by atoms with Crippen molar-refractivity contribution in [2.24, 2.45) is 0 Å². The molecule has 0 bridgehead atoms. The molecule has 0 amide bonds. The van der Waals surface area contributed by atoms with E-state index >= 15 is 115 Å². The predicted molar refractivity (Wildman–Crippen MR) is 339 cm³/mol. The summed E-state index contributed by atoms with van der Waals surface area (Å²) < 4.78 is 432. The quantitative estimate of drug-likeness (QED) is 0.0328. The lowest BCUT2D eigenvalue weighted by molar-refractivity contribution is -0.293. The average Bonchev–Trinajstić information content (AvgIpc) is 0.716. The van der Waals surface area contributed by atoms with Gasteiger partial charge in [0.15, 0.2) is 0 Å². The number of hydrogen-bond donors (Lipinski definition) is 0. The van der Waals surface area contributed by atoms with Gasteiger partial charge in [-0.15, -0.1) is 0 Å². The molecule has 0 N–H and O–H groups in total. The maximum Gasteiger partial charge on any atom is 0.416 e. The molecular formula is C74H48F24O6P2. The van der Waals surface area contributed by atoms with Crippen molar-refractivity contribution in [3.05, 3.63) is 333 Å². The van der Waals surface area contributed by atoms with Crippen molar-refractivity contribution in [2.45, 2.75) is 79.4 Å². The summed E-state index contributed by atoms with van der Waals surface area (Å²) in [6, 6.07) is 32.0. The van der Waals surface area contributed by atoms with E-state index in [1.165, 1.54) is 146 Å². The summed E-state index contributed by atoms with van der Waals surface area (Å²) in [6.45, 7) is -1.80. The molecule has 106 heavy (non-hydrogen) atoms. The van der Waals surface area contributed by atoms with E-state index in [-0.39, 0.29) is 33.4 Å². The Kier molecular flexibility index (Phi) is 21.6. The fourth-order valence-electron chi connectivity index (χ4n) is 11.8. The highest BCUT2D eigenvalue weighted by atomic mass is 31.2. The Balaban J connectivity index is 1.50. The van der Waals surface area contributed by atoms with Crippen molar-refractivity contribution < 1.29 is 133 Å². The van der Waals surface area contributed by atoms with E-state index in [2.05, 4.69) is 0 Å². The van der Waals surface area contributed by atoms with E-state index in [9.17, 15) is 0 Å². The molecule has 0 radical (unpaired) electrons. The van der Waals surface area contributed by atoms with Crippen LogP contribution < -0.4 is 21.2 Å². The molecule has 0 spiro atoms. The first-order valence-electron chi connectivity index (χ1n) is 30.6. The van der Waals surface area contributed by atoms with Crippen LogP contribution in [0.3, 0.4) is 0 Å². The summed E-state index contributed by atoms with van der Waals surface area (Å²) in [4.78, 5) is 0. The molecule has 2 atom stereocenters. The SMILES string of the molecule is C[C@@H](OP(=O)(c1cc(C(F)(F)F)cc(C(F)(F)F)c1)c1cc(C(F)(F)F)cc(C(F)(F)F)c1)[C@](COC(c1ccccc1)(c1ccccc1)c1ccccc1)(OC(c1ccccc1)(c1ccccc1)c1ccccc1)OP(=O)(c1cc(C(F)(F)F)cc(C(F)(F)F)c1)c1cc(C(F)(F)F)cc(C(F)(F)F)c1. The highest BCUT2D eigenvalue weighted by molar-refractivity contribution is 7.74. The summed E-state index contributed by atoms with van der Waals surface area (Å²) in [5.41, 5.74) is -27.3. The van der Waals surface area contributed by atoms with Crippen LogP contribution in [0.1, 0.15) is 84.8 Å². The van der Waals surface area contributed by atoms with Crippen LogP contribution in [0.25, 0.3) is 0 Å². The molecule has 0 aliphatic rings. The van der Waals surface area contributed by atoms with Crippen molar-refractivity contribution in [2.75, 3.05) is 6.61 Å². The monoisotopic (exact) mass is 1550 g/mol. The Bertz CT molecular complexity index is 4350. The summed E-state index contributed by atoms with van der Waals surface area (Å²) in [6.07, 6.45) is -52.4. The maximum absolute atomic E-state index is 17.8. The normalized spacial score (nSPS) is 14.4. The highest BCUT2D eigenvalue weighted by Gasteiger charge is 2.59. The first kappa shape index (κ1) is 79.4. The number of ether oxygens (including phenoxy) is 2. The third-order valence-corrected chi connectivity index (χ3v) is 21.7. The Morgan fingerprint density at radius 1 is 0.264 bits per heavy atom. The minimum atomic E-state index is -7.44. The second-order valence-corrected chi connectivity index (χ2v) is 28.4. The molecule has 6 nitrogen and oxygen atoms in total. The molecule has 10 aromatic carbocycles. The molecule has 0 aliphatic heterocycles. The standard InChI is InChI=1S/C74H48F24O6P2/c1-45(102-105(99,60-36-52(67(75,76)77)32-53(37-60)68(78,79)80)61-38-54(69(81,82)83)33-55(39-61)70(84,85)86)64(103-66(49-26-14-5-15-27-49,50-28-16-6-17-29-50)51-30-18-7-19-31-51,44-101-65(46-20-8-2-9-21-46,47-22-10-3-11-23-47)48-24-12-4-13-25-48)104-106(100,62-40-56(71(87,88)89)34-57(41-62)72(90,91)92)63-42-58(73(93,94)95)35-59(43-63)74(96,97)98/h2-43,45H,44H2,1H3/t45-,64-/m1/s1. The van der Waals surface area contributed by atoms with Crippen LogP contribution in [-0.4, -0.2) is 18.5 Å². The summed E-state index contributed by atoms with van der Waals surface area (Å²) in [7, 11) is -14.7. The second-order valence-electron chi connectivity index (χ2n) is 23.8. The summed E-state index contributed by atoms with van der Waals surface area (Å²) in [5, 5.41) is -8.76. The number of halogens is 24. The molecule has 10 rings (SSSR count). The van der Waals surface area contributed by atoms with Gasteiger partial charge in [-0.05, 0) is 113 Å². The van der Waals surface area contributed by atoms with Gasteiger partial charge in [-0.25, -0.2) is 0 Å². The highest BCUT2D eigenvalue weighted by Crippen LogP contribution is 2.60. The van der Waals surface area contributed by atoms with Gasteiger partial charge in [0.1, 0.15) is 23.9 Å². The van der Waals surface area contributed by atoms with Crippen LogP contribution in [0, 0.1) is 0 Å². The topological polar surface area (TPSA) is 71.1 Å². The molecule has 0 aliphatic carbocycles. The summed E-state index contributed by atoms with van der Waals surface area (Å²) >= 11 is 0. The van der Waals surface area contributed by atoms with Crippen molar-refractivity contribution in [1.82, 2.24) is 0 Å². The molecule has 0 aromatic heterocycles. The van der Waals surface area contributed by atoms with Gasteiger partial charge in [0.05, 0.1) is 44.5 Å². The minimum Gasteiger partial charge on any atom is -0.355 e. The van der Waals surface area contributed by atoms with E-state index in [4.69, 9.17) is 18.5 Å². The Morgan fingerprint density at radius 2 is 0.453 bits per heavy atom. The lowest BCUT2D eigenvalue weighted by Crippen LogP contribution is -2.58. The third-order valence-electron chi connectivity index (χ3n) is 16.8. The van der Waals surface area contributed by atoms with Crippen LogP contribution in [-0.2, 0) is 88.3 Å². The van der Waals surface area contributed by atoms with Gasteiger partial charge in [-0.3, -0.25) is 13.7 Å². The smallest absolute Gasteiger partial charge is 0.355 e. The first-order chi connectivity index (χ1) is 49.1. The van der Waals surface area contributed by atoms with Crippen molar-refractivity contribution in [3.8, 4) is 0 Å². The third kappa shape index (κ3) is 16.5. The molecule has 0 saturated heterocycles. The fraction of sp³-hybridized carbons (Fsp3) is 0.189. The second kappa shape index (κ2) is 28.8. The lowest BCUT2D eigenvalue weighted by atomic mass is 9.79. The van der Waals surface area contributed by atoms with Gasteiger partial charge < -0.3 is 14.0 Å². The van der Waals surface area contributed by atoms with Gasteiger partial charge in [0.2, 0.25) is 5.79 Å². The summed E-state index contributed by atoms with van der Waals surface area (Å²) in [5.74, 6) is -4.47. The van der Waals surface area contributed by atoms with Crippen LogP contribution in [0.4, 0.5) is 105 Å². The molecular weight excluding hydrogens is 1500 g/mol. The van der Waals surface area contributed by atoms with Crippen LogP contribution >= 0.6 is 14.7 Å². The zero-order valence-electron chi connectivity index (χ0n) is 53.4. The first-order valence-corrected chi connectivity index (χ1v) is 33.9. The van der Waals surface area contributed by atoms with Crippen LogP contribution in [0.2, 0.25) is 0 Å². The molecule has 0 saturated carbocycles. The number of rotatable bonds is 20. The van der Waals surface area contributed by atoms with E-state index in [0.717, 1.165) is 36.4 Å². The predicted octanol–water partition coefficient (Wildman–Crippen LogP) is 22.1. The van der Waals surface area contributed by atoms with E-state index in [1.54, 1.807) is 0 Å². The van der Waals surface area contributed by atoms with Crippen molar-refractivity contribution in [1.29, 1.82) is 0 Å². The van der Waals surface area contributed by atoms with Gasteiger partial charge in [0, 0.05) is 21.2 Å². The van der Waals surface area contributed by atoms with Crippen LogP contribution in [0.5, 0.6) is 0 Å². The zero-order chi connectivity index (χ0) is 77.7. The molecule has 0 unspecified atom stereocenters. The van der Waals surface area contributed by atoms with Crippen LogP contribution in [0.15, 0.2) is 255 Å². The lowest BCUT2D eigenvalue weighted by Gasteiger charge is -2.49. The molecule has 0 heterocycles. The Hall–Kier alpha value is -9.18.